The normalized spacial score (nSPS) is 16.1. The maximum Gasteiger partial charge on any atom is 0.0782 e. The smallest absolute Gasteiger partial charge is 0.0782 e. The zero-order chi connectivity index (χ0) is 46.1. The molecule has 0 radical (unpaired) electrons. The molecule has 332 valence electrons. The largest absolute Gasteiger partial charge is 0.309 e. The Morgan fingerprint density at radius 3 is 1.80 bits per heavy atom. The third-order valence-corrected chi connectivity index (χ3v) is 15.5. The highest BCUT2D eigenvalue weighted by Gasteiger charge is 2.37. The van der Waals surface area contributed by atoms with Gasteiger partial charge in [-0.15, -0.1) is 0 Å². The maximum absolute atomic E-state index is 2.54. The summed E-state index contributed by atoms with van der Waals surface area (Å²) in [6.07, 6.45) is 5.01. The predicted molar refractivity (Wildman–Crippen MR) is 293 cm³/mol. The van der Waals surface area contributed by atoms with Crippen molar-refractivity contribution < 1.29 is 0 Å². The van der Waals surface area contributed by atoms with Crippen LogP contribution < -0.4 is 4.90 Å². The van der Waals surface area contributed by atoms with Crippen molar-refractivity contribution in [3.8, 4) is 33.6 Å². The second-order valence-corrected chi connectivity index (χ2v) is 19.4. The summed E-state index contributed by atoms with van der Waals surface area (Å²) in [6.45, 7) is 4.81. The van der Waals surface area contributed by atoms with Crippen LogP contribution in [0.3, 0.4) is 0 Å². The Morgan fingerprint density at radius 1 is 0.478 bits per heavy atom. The van der Waals surface area contributed by atoms with Gasteiger partial charge in [-0.3, -0.25) is 0 Å². The Kier molecular flexibility index (Phi) is 9.87. The molecule has 0 amide bonds. The summed E-state index contributed by atoms with van der Waals surface area (Å²) in [7, 11) is 0. The molecule has 2 unspecified atom stereocenters. The quantitative estimate of drug-likeness (QED) is 0.141. The van der Waals surface area contributed by atoms with E-state index >= 15 is 0 Å². The van der Waals surface area contributed by atoms with E-state index in [1.807, 2.05) is 0 Å². The molecule has 13 rings (SSSR count). The first kappa shape index (κ1) is 41.1. The van der Waals surface area contributed by atoms with Gasteiger partial charge in [0.2, 0.25) is 0 Å². The third-order valence-electron chi connectivity index (χ3n) is 15.5. The van der Waals surface area contributed by atoms with Crippen LogP contribution in [0.5, 0.6) is 0 Å². The van der Waals surface area contributed by atoms with E-state index in [1.165, 1.54) is 102 Å². The van der Waals surface area contributed by atoms with Crippen LogP contribution in [0.15, 0.2) is 231 Å². The second kappa shape index (κ2) is 16.6. The molecule has 0 spiro atoms. The second-order valence-electron chi connectivity index (χ2n) is 19.4. The lowest BCUT2D eigenvalue weighted by atomic mass is 9.76. The highest BCUT2D eigenvalue weighted by Crippen LogP contribution is 2.50. The average Bonchev–Trinajstić information content (AvgIpc) is 4.09. The standard InChI is InChI=1S/C66H53N3/c1-3-66(42-41-45(2)44-66)48-35-37-50(38-36-48)67-59-31-13-10-25-53(59)56-40-39-51(43-63(56)67)68(62-34-18-30-58-55-27-12-15-33-61(55)69(65(58)62)49-23-8-5-9-24-49)60-32-14-11-26-54(60)57-29-17-22-47-21-16-28-52(64(47)57)46-19-6-4-7-20-46/h4-40,43,45H,3,41-42,44H2,1-2H3. The van der Waals surface area contributed by atoms with Gasteiger partial charge in [0, 0.05) is 44.2 Å². The molecule has 1 aliphatic rings. The zero-order valence-corrected chi connectivity index (χ0v) is 39.2. The van der Waals surface area contributed by atoms with Crippen molar-refractivity contribution in [2.75, 3.05) is 4.90 Å². The molecular weight excluding hydrogens is 835 g/mol. The lowest BCUT2D eigenvalue weighted by Gasteiger charge is -2.30. The molecular formula is C66H53N3. The van der Waals surface area contributed by atoms with Gasteiger partial charge in [0.15, 0.2) is 0 Å². The van der Waals surface area contributed by atoms with Crippen LogP contribution in [0.2, 0.25) is 0 Å². The summed E-state index contributed by atoms with van der Waals surface area (Å²) in [5.74, 6) is 0.764. The van der Waals surface area contributed by atoms with Crippen molar-refractivity contribution >= 4 is 71.4 Å². The number of aromatic nitrogens is 2. The van der Waals surface area contributed by atoms with E-state index in [-0.39, 0.29) is 5.41 Å². The van der Waals surface area contributed by atoms with E-state index in [9.17, 15) is 0 Å². The summed E-state index contributed by atoms with van der Waals surface area (Å²) in [5.41, 5.74) is 16.8. The van der Waals surface area contributed by atoms with Crippen molar-refractivity contribution in [2.24, 2.45) is 5.92 Å². The fourth-order valence-electron chi connectivity index (χ4n) is 12.3. The minimum atomic E-state index is 0.259. The SMILES string of the molecule is CCC1(c2ccc(-n3c4ccccc4c4ccc(N(c5ccccc5-c5cccc6cccc(-c7ccccc7)c56)c5cccc6c7ccccc7n(-c7ccccc7)c56)cc43)cc2)CCC(C)C1. The first-order chi connectivity index (χ1) is 34.1. The summed E-state index contributed by atoms with van der Waals surface area (Å²) < 4.78 is 4.96. The van der Waals surface area contributed by atoms with Gasteiger partial charge in [-0.25, -0.2) is 0 Å². The highest BCUT2D eigenvalue weighted by atomic mass is 15.2. The molecule has 2 heterocycles. The van der Waals surface area contributed by atoms with Gasteiger partial charge in [-0.05, 0) is 131 Å². The summed E-state index contributed by atoms with van der Waals surface area (Å²) in [5, 5.41) is 7.38. The number of hydrogen-bond acceptors (Lipinski definition) is 1. The minimum Gasteiger partial charge on any atom is -0.309 e. The van der Waals surface area contributed by atoms with Crippen LogP contribution >= 0.6 is 0 Å². The van der Waals surface area contributed by atoms with Gasteiger partial charge < -0.3 is 14.0 Å². The molecule has 12 aromatic rings. The molecule has 69 heavy (non-hydrogen) atoms. The third kappa shape index (κ3) is 6.63. The van der Waals surface area contributed by atoms with E-state index in [4.69, 9.17) is 0 Å². The van der Waals surface area contributed by atoms with Crippen molar-refractivity contribution in [3.05, 3.63) is 236 Å². The van der Waals surface area contributed by atoms with Gasteiger partial charge in [0.05, 0.1) is 33.4 Å². The highest BCUT2D eigenvalue weighted by molar-refractivity contribution is 6.16. The van der Waals surface area contributed by atoms with Crippen molar-refractivity contribution in [1.29, 1.82) is 0 Å². The average molecular weight is 888 g/mol. The molecule has 3 heteroatoms. The van der Waals surface area contributed by atoms with Gasteiger partial charge in [0.1, 0.15) is 0 Å². The van der Waals surface area contributed by atoms with E-state index < -0.39 is 0 Å². The monoisotopic (exact) mass is 887 g/mol. The molecule has 2 atom stereocenters. The summed E-state index contributed by atoms with van der Waals surface area (Å²) >= 11 is 0. The lowest BCUT2D eigenvalue weighted by molar-refractivity contribution is 0.408. The number of hydrogen-bond donors (Lipinski definition) is 0. The predicted octanol–water partition coefficient (Wildman–Crippen LogP) is 18.3. The molecule has 3 nitrogen and oxygen atoms in total. The van der Waals surface area contributed by atoms with E-state index in [0.717, 1.165) is 39.7 Å². The fraction of sp³-hybridized carbons (Fsp3) is 0.121. The number of rotatable bonds is 9. The Labute approximate surface area is 404 Å². The maximum atomic E-state index is 2.54. The fourth-order valence-corrected chi connectivity index (χ4v) is 12.3. The van der Waals surface area contributed by atoms with E-state index in [0.29, 0.717) is 0 Å². The molecule has 1 saturated carbocycles. The molecule has 0 bridgehead atoms. The first-order valence-corrected chi connectivity index (χ1v) is 24.8. The van der Waals surface area contributed by atoms with Gasteiger partial charge in [-0.2, -0.15) is 0 Å². The van der Waals surface area contributed by atoms with Crippen LogP contribution in [0, 0.1) is 5.92 Å². The number of fused-ring (bicyclic) bond motifs is 7. The topological polar surface area (TPSA) is 13.1 Å². The van der Waals surface area contributed by atoms with Crippen LogP contribution in [-0.2, 0) is 5.41 Å². The number of benzene rings is 10. The summed E-state index contributed by atoms with van der Waals surface area (Å²) in [6, 6.07) is 85.6. The molecule has 0 aliphatic heterocycles. The van der Waals surface area contributed by atoms with Gasteiger partial charge >= 0.3 is 0 Å². The first-order valence-electron chi connectivity index (χ1n) is 24.8. The van der Waals surface area contributed by atoms with Gasteiger partial charge in [-0.1, -0.05) is 184 Å². The summed E-state index contributed by atoms with van der Waals surface area (Å²) in [4.78, 5) is 2.54. The van der Waals surface area contributed by atoms with E-state index in [2.05, 4.69) is 258 Å². The Bertz CT molecular complexity index is 3870. The Morgan fingerprint density at radius 2 is 1.06 bits per heavy atom. The van der Waals surface area contributed by atoms with Crippen LogP contribution in [0.1, 0.15) is 45.1 Å². The van der Waals surface area contributed by atoms with E-state index in [1.54, 1.807) is 0 Å². The zero-order valence-electron chi connectivity index (χ0n) is 39.2. The Balaban J connectivity index is 1.10. The van der Waals surface area contributed by atoms with Crippen LogP contribution in [0.4, 0.5) is 17.1 Å². The van der Waals surface area contributed by atoms with Gasteiger partial charge in [0.25, 0.3) is 0 Å². The van der Waals surface area contributed by atoms with Crippen molar-refractivity contribution in [3.63, 3.8) is 0 Å². The van der Waals surface area contributed by atoms with Crippen molar-refractivity contribution in [2.45, 2.75) is 44.9 Å². The molecule has 0 N–H and O–H groups in total. The molecule has 2 aromatic heterocycles. The number of para-hydroxylation sites is 5. The lowest BCUT2D eigenvalue weighted by Crippen LogP contribution is -2.21. The molecule has 0 saturated heterocycles. The van der Waals surface area contributed by atoms with Crippen LogP contribution in [0.25, 0.3) is 88.0 Å². The number of anilines is 3. The molecule has 1 aliphatic carbocycles. The Hall–Kier alpha value is -8.14. The minimum absolute atomic E-state index is 0.259. The van der Waals surface area contributed by atoms with Crippen molar-refractivity contribution in [1.82, 2.24) is 9.13 Å². The molecule has 1 fully saturated rings. The molecule has 10 aromatic carbocycles. The number of nitrogens with zero attached hydrogens (tertiary/aromatic N) is 3. The van der Waals surface area contributed by atoms with Crippen LogP contribution in [-0.4, -0.2) is 9.13 Å².